The van der Waals surface area contributed by atoms with Crippen LogP contribution in [-0.2, 0) is 0 Å². The summed E-state index contributed by atoms with van der Waals surface area (Å²) in [7, 11) is 0. The fraction of sp³-hybridized carbons (Fsp3) is 0.875. The van der Waals surface area contributed by atoms with Crippen molar-refractivity contribution in [1.82, 2.24) is 0 Å². The first kappa shape index (κ1) is 9.92. The van der Waals surface area contributed by atoms with E-state index >= 15 is 0 Å². The fourth-order valence-electron chi connectivity index (χ4n) is 0.500. The van der Waals surface area contributed by atoms with Gasteiger partial charge in [-0.3, -0.25) is 0 Å². The summed E-state index contributed by atoms with van der Waals surface area (Å²) in [5.74, 6) is 0. The highest BCUT2D eigenvalue weighted by Crippen LogP contribution is 2.16. The lowest BCUT2D eigenvalue weighted by Gasteiger charge is -2.22. The monoisotopic (exact) mass is 145 g/mol. The Labute approximate surface area is 62.9 Å². The van der Waals surface area contributed by atoms with Crippen molar-refractivity contribution < 1.29 is 10.2 Å². The Balaban J connectivity index is 3.56. The molecule has 2 N–H and O–H groups in total. The molecule has 0 bridgehead atoms. The van der Waals surface area contributed by atoms with Crippen molar-refractivity contribution in [3.63, 3.8) is 0 Å². The predicted molar refractivity (Wildman–Crippen MR) is 41.5 cm³/mol. The summed E-state index contributed by atoms with van der Waals surface area (Å²) >= 11 is 0. The van der Waals surface area contributed by atoms with E-state index in [9.17, 15) is 10.2 Å². The third kappa shape index (κ3) is 7.92. The molecule has 61 valence electrons. The lowest BCUT2D eigenvalue weighted by atomic mass is 9.94. The van der Waals surface area contributed by atoms with Crippen LogP contribution in [0.5, 0.6) is 0 Å². The van der Waals surface area contributed by atoms with Gasteiger partial charge >= 0.3 is 0 Å². The van der Waals surface area contributed by atoms with E-state index in [1.54, 1.807) is 34.1 Å². The first-order valence-corrected chi connectivity index (χ1v) is 3.50. The van der Waals surface area contributed by atoms with Gasteiger partial charge < -0.3 is 10.2 Å². The molecule has 0 fully saturated rings. The number of hydrogen-bond acceptors (Lipinski definition) is 2. The van der Waals surface area contributed by atoms with E-state index in [0.29, 0.717) is 6.42 Å². The largest absolute Gasteiger partial charge is 0.390 e. The van der Waals surface area contributed by atoms with Crippen LogP contribution in [0.15, 0.2) is 0 Å². The summed E-state index contributed by atoms with van der Waals surface area (Å²) in [5, 5.41) is 18.5. The quantitative estimate of drug-likeness (QED) is 0.625. The molecule has 2 nitrogen and oxygen atoms in total. The Morgan fingerprint density at radius 1 is 1.10 bits per heavy atom. The molecule has 1 radical (unpaired) electrons. The van der Waals surface area contributed by atoms with Gasteiger partial charge in [-0.05, 0) is 40.5 Å². The molecule has 0 rings (SSSR count). The average Bonchev–Trinajstić information content (AvgIpc) is 1.57. The van der Waals surface area contributed by atoms with Gasteiger partial charge in [-0.1, -0.05) is 0 Å². The lowest BCUT2D eigenvalue weighted by molar-refractivity contribution is 0.0520. The standard InChI is InChI=1S/C8H17O2/c1-7(2,9)5-6-8(3,4)10/h5,9-10H,6H2,1-4H3. The molecular formula is C8H17O2. The van der Waals surface area contributed by atoms with E-state index < -0.39 is 11.2 Å². The normalized spacial score (nSPS) is 13.8. The average molecular weight is 145 g/mol. The third-order valence-electron chi connectivity index (χ3n) is 1.10. The molecule has 0 spiro atoms. The van der Waals surface area contributed by atoms with Gasteiger partial charge in [-0.25, -0.2) is 0 Å². The maximum atomic E-state index is 9.24. The molecule has 0 atom stereocenters. The highest BCUT2D eigenvalue weighted by Gasteiger charge is 2.19. The summed E-state index contributed by atoms with van der Waals surface area (Å²) in [6, 6.07) is 0. The van der Waals surface area contributed by atoms with Crippen LogP contribution in [0.4, 0.5) is 0 Å². The molecule has 0 aromatic rings. The fourth-order valence-corrected chi connectivity index (χ4v) is 0.500. The summed E-state index contributed by atoms with van der Waals surface area (Å²) in [6.45, 7) is 6.82. The topological polar surface area (TPSA) is 40.5 Å². The van der Waals surface area contributed by atoms with E-state index in [1.165, 1.54) is 0 Å². The van der Waals surface area contributed by atoms with Crippen molar-refractivity contribution in [3.05, 3.63) is 6.42 Å². The van der Waals surface area contributed by atoms with Crippen LogP contribution in [0.25, 0.3) is 0 Å². The Bertz CT molecular complexity index is 80.8. The molecule has 0 aliphatic carbocycles. The van der Waals surface area contributed by atoms with Crippen molar-refractivity contribution in [2.75, 3.05) is 0 Å². The highest BCUT2D eigenvalue weighted by atomic mass is 16.3. The molecule has 0 saturated carbocycles. The van der Waals surface area contributed by atoms with E-state index in [4.69, 9.17) is 0 Å². The van der Waals surface area contributed by atoms with Crippen molar-refractivity contribution >= 4 is 0 Å². The predicted octanol–water partition coefficient (Wildman–Crippen LogP) is 1.12. The third-order valence-corrected chi connectivity index (χ3v) is 1.10. The Kier molecular flexibility index (Phi) is 2.86. The molecule has 0 saturated heterocycles. The molecular weight excluding hydrogens is 128 g/mol. The van der Waals surface area contributed by atoms with Crippen LogP contribution in [0.3, 0.4) is 0 Å². The lowest BCUT2D eigenvalue weighted by Crippen LogP contribution is -2.27. The molecule has 0 unspecified atom stereocenters. The Morgan fingerprint density at radius 3 is 1.60 bits per heavy atom. The van der Waals surface area contributed by atoms with Crippen LogP contribution >= 0.6 is 0 Å². The summed E-state index contributed by atoms with van der Waals surface area (Å²) in [4.78, 5) is 0. The molecule has 0 heterocycles. The SMILES string of the molecule is CC(C)(O)[CH]CC(C)(C)O. The smallest absolute Gasteiger partial charge is 0.0624 e. The zero-order chi connectivity index (χ0) is 8.41. The first-order valence-electron chi connectivity index (χ1n) is 3.50. The van der Waals surface area contributed by atoms with Gasteiger partial charge in [-0.15, -0.1) is 0 Å². The van der Waals surface area contributed by atoms with E-state index in [-0.39, 0.29) is 0 Å². The minimum absolute atomic E-state index is 0.510. The number of rotatable bonds is 3. The molecule has 0 aromatic heterocycles. The first-order chi connectivity index (χ1) is 4.21. The second-order valence-corrected chi connectivity index (χ2v) is 3.87. The van der Waals surface area contributed by atoms with E-state index in [1.807, 2.05) is 0 Å². The van der Waals surface area contributed by atoms with Crippen LogP contribution in [0.1, 0.15) is 34.1 Å². The second-order valence-electron chi connectivity index (χ2n) is 3.87. The van der Waals surface area contributed by atoms with Gasteiger partial charge in [0.25, 0.3) is 0 Å². The van der Waals surface area contributed by atoms with E-state index in [2.05, 4.69) is 0 Å². The van der Waals surface area contributed by atoms with Crippen LogP contribution < -0.4 is 0 Å². The zero-order valence-corrected chi connectivity index (χ0v) is 7.18. The minimum atomic E-state index is -0.778. The maximum Gasteiger partial charge on any atom is 0.0624 e. The summed E-state index contributed by atoms with van der Waals surface area (Å²) < 4.78 is 0. The van der Waals surface area contributed by atoms with Gasteiger partial charge in [0.1, 0.15) is 0 Å². The van der Waals surface area contributed by atoms with Crippen LogP contribution in [0, 0.1) is 6.42 Å². The zero-order valence-electron chi connectivity index (χ0n) is 7.18. The maximum absolute atomic E-state index is 9.24. The molecule has 10 heavy (non-hydrogen) atoms. The molecule has 2 heteroatoms. The Hall–Kier alpha value is -0.0800. The van der Waals surface area contributed by atoms with E-state index in [0.717, 1.165) is 0 Å². The van der Waals surface area contributed by atoms with Crippen molar-refractivity contribution in [2.45, 2.75) is 45.3 Å². The van der Waals surface area contributed by atoms with Crippen molar-refractivity contribution in [2.24, 2.45) is 0 Å². The van der Waals surface area contributed by atoms with Crippen molar-refractivity contribution in [3.8, 4) is 0 Å². The molecule has 0 aliphatic rings. The highest BCUT2D eigenvalue weighted by molar-refractivity contribution is 4.89. The number of hydrogen-bond donors (Lipinski definition) is 2. The van der Waals surface area contributed by atoms with Gasteiger partial charge in [0.2, 0.25) is 0 Å². The summed E-state index contributed by atoms with van der Waals surface area (Å²) in [6.07, 6.45) is 2.21. The molecule has 0 aromatic carbocycles. The van der Waals surface area contributed by atoms with Crippen molar-refractivity contribution in [1.29, 1.82) is 0 Å². The van der Waals surface area contributed by atoms with Crippen LogP contribution in [0.2, 0.25) is 0 Å². The van der Waals surface area contributed by atoms with Gasteiger partial charge in [0.05, 0.1) is 11.2 Å². The van der Waals surface area contributed by atoms with Gasteiger partial charge in [0.15, 0.2) is 0 Å². The molecule has 0 aliphatic heterocycles. The summed E-state index contributed by atoms with van der Waals surface area (Å²) in [5.41, 5.74) is -1.49. The van der Waals surface area contributed by atoms with Crippen LogP contribution in [-0.4, -0.2) is 21.4 Å². The second kappa shape index (κ2) is 2.89. The Morgan fingerprint density at radius 2 is 1.50 bits per heavy atom. The van der Waals surface area contributed by atoms with Gasteiger partial charge in [-0.2, -0.15) is 0 Å². The molecule has 0 amide bonds. The number of aliphatic hydroxyl groups is 2. The van der Waals surface area contributed by atoms with Gasteiger partial charge in [0, 0.05) is 0 Å². The minimum Gasteiger partial charge on any atom is -0.390 e.